The van der Waals surface area contributed by atoms with Gasteiger partial charge in [-0.1, -0.05) is 12.1 Å². The van der Waals surface area contributed by atoms with Crippen molar-refractivity contribution >= 4 is 21.6 Å². The Kier molecular flexibility index (Phi) is 7.33. The van der Waals surface area contributed by atoms with Crippen LogP contribution in [0.2, 0.25) is 0 Å². The summed E-state index contributed by atoms with van der Waals surface area (Å²) in [5.41, 5.74) is 1.79. The molecule has 2 saturated heterocycles. The topological polar surface area (TPSA) is 79.4 Å². The maximum atomic E-state index is 13.3. The van der Waals surface area contributed by atoms with Crippen molar-refractivity contribution in [1.29, 1.82) is 0 Å². The molecule has 1 amide bonds. The number of carbonyl (C=O) groups excluding carboxylic acids is 1. The van der Waals surface area contributed by atoms with Gasteiger partial charge in [0.1, 0.15) is 11.5 Å². The third-order valence-electron chi connectivity index (χ3n) is 6.75. The van der Waals surface area contributed by atoms with E-state index in [2.05, 4.69) is 4.90 Å². The average Bonchev–Trinajstić information content (AvgIpc) is 2.88. The van der Waals surface area contributed by atoms with E-state index in [1.54, 1.807) is 32.4 Å². The summed E-state index contributed by atoms with van der Waals surface area (Å²) in [5, 5.41) is 0. The summed E-state index contributed by atoms with van der Waals surface area (Å²) in [4.78, 5) is 17.7. The first-order chi connectivity index (χ1) is 16.3. The van der Waals surface area contributed by atoms with Gasteiger partial charge in [-0.3, -0.25) is 4.79 Å². The Hall–Kier alpha value is -2.78. The summed E-state index contributed by atoms with van der Waals surface area (Å²) < 4.78 is 38.8. The highest BCUT2D eigenvalue weighted by molar-refractivity contribution is 7.89. The molecule has 2 aliphatic heterocycles. The van der Waals surface area contributed by atoms with E-state index in [0.29, 0.717) is 51.3 Å². The monoisotopic (exact) mass is 487 g/mol. The standard InChI is InChI=1S/C25H33N3O5S/c1-19-17-21(10-11-23(19)32-2)34(30,31)28-12-6-7-20(18-28)25(29)27-15-13-26(14-16-27)22-8-4-5-9-24(22)33-3/h4-5,8-11,17,20H,6-7,12-16,18H2,1-3H3/t20-/m1/s1. The second-order valence-corrected chi connectivity index (χ2v) is 10.8. The van der Waals surface area contributed by atoms with Crippen LogP contribution in [0.3, 0.4) is 0 Å². The lowest BCUT2D eigenvalue weighted by molar-refractivity contribution is -0.137. The Morgan fingerprint density at radius 3 is 2.32 bits per heavy atom. The number of para-hydroxylation sites is 2. The van der Waals surface area contributed by atoms with E-state index in [9.17, 15) is 13.2 Å². The molecule has 2 fully saturated rings. The minimum atomic E-state index is -3.67. The molecule has 2 aliphatic rings. The van der Waals surface area contributed by atoms with Crippen molar-refractivity contribution in [2.75, 3.05) is 58.4 Å². The second kappa shape index (κ2) is 10.2. The van der Waals surface area contributed by atoms with Gasteiger partial charge < -0.3 is 19.3 Å². The summed E-state index contributed by atoms with van der Waals surface area (Å²) in [7, 11) is -0.450. The quantitative estimate of drug-likeness (QED) is 0.624. The van der Waals surface area contributed by atoms with Crippen LogP contribution in [-0.2, 0) is 14.8 Å². The van der Waals surface area contributed by atoms with Crippen molar-refractivity contribution < 1.29 is 22.7 Å². The van der Waals surface area contributed by atoms with Crippen LogP contribution in [0.1, 0.15) is 18.4 Å². The zero-order chi connectivity index (χ0) is 24.3. The van der Waals surface area contributed by atoms with E-state index in [1.807, 2.05) is 36.1 Å². The summed E-state index contributed by atoms with van der Waals surface area (Å²) in [6.45, 7) is 5.12. The number of nitrogens with zero attached hydrogens (tertiary/aromatic N) is 3. The average molecular weight is 488 g/mol. The highest BCUT2D eigenvalue weighted by Gasteiger charge is 2.36. The van der Waals surface area contributed by atoms with Crippen molar-refractivity contribution in [3.8, 4) is 11.5 Å². The molecule has 0 N–H and O–H groups in total. The molecule has 34 heavy (non-hydrogen) atoms. The van der Waals surface area contributed by atoms with Gasteiger partial charge in [0.2, 0.25) is 15.9 Å². The van der Waals surface area contributed by atoms with Crippen LogP contribution in [0.15, 0.2) is 47.4 Å². The Morgan fingerprint density at radius 1 is 0.941 bits per heavy atom. The molecule has 2 aromatic rings. The normalized spacial score (nSPS) is 19.7. The highest BCUT2D eigenvalue weighted by Crippen LogP contribution is 2.30. The molecule has 184 valence electrons. The first-order valence-electron chi connectivity index (χ1n) is 11.7. The van der Waals surface area contributed by atoms with Gasteiger partial charge in [-0.2, -0.15) is 4.31 Å². The van der Waals surface area contributed by atoms with Gasteiger partial charge in [-0.25, -0.2) is 8.42 Å². The minimum absolute atomic E-state index is 0.0467. The summed E-state index contributed by atoms with van der Waals surface area (Å²) in [5.74, 6) is 1.20. The molecule has 0 unspecified atom stereocenters. The molecule has 2 aromatic carbocycles. The van der Waals surface area contributed by atoms with Gasteiger partial charge in [-0.15, -0.1) is 0 Å². The van der Waals surface area contributed by atoms with Crippen molar-refractivity contribution in [2.45, 2.75) is 24.7 Å². The van der Waals surface area contributed by atoms with Crippen molar-refractivity contribution in [2.24, 2.45) is 5.92 Å². The molecule has 0 saturated carbocycles. The number of carbonyl (C=O) groups is 1. The zero-order valence-corrected chi connectivity index (χ0v) is 20.9. The van der Waals surface area contributed by atoms with E-state index in [1.165, 1.54) is 4.31 Å². The van der Waals surface area contributed by atoms with Crippen LogP contribution in [0, 0.1) is 12.8 Å². The number of aryl methyl sites for hydroxylation is 1. The molecule has 0 radical (unpaired) electrons. The highest BCUT2D eigenvalue weighted by atomic mass is 32.2. The summed E-state index contributed by atoms with van der Waals surface area (Å²) in [6.07, 6.45) is 1.38. The van der Waals surface area contributed by atoms with Gasteiger partial charge in [0.25, 0.3) is 0 Å². The molecule has 9 heteroatoms. The van der Waals surface area contributed by atoms with Crippen LogP contribution in [0.25, 0.3) is 0 Å². The molecule has 2 heterocycles. The molecule has 0 aliphatic carbocycles. The van der Waals surface area contributed by atoms with Crippen molar-refractivity contribution in [3.05, 3.63) is 48.0 Å². The number of hydrogen-bond acceptors (Lipinski definition) is 6. The lowest BCUT2D eigenvalue weighted by Gasteiger charge is -2.39. The van der Waals surface area contributed by atoms with Crippen molar-refractivity contribution in [3.63, 3.8) is 0 Å². The number of sulfonamides is 1. The number of hydrogen-bond donors (Lipinski definition) is 0. The molecule has 0 bridgehead atoms. The number of ether oxygens (including phenoxy) is 2. The molecule has 0 aromatic heterocycles. The lowest BCUT2D eigenvalue weighted by Crippen LogP contribution is -2.53. The fourth-order valence-corrected chi connectivity index (χ4v) is 6.45. The van der Waals surface area contributed by atoms with Crippen LogP contribution >= 0.6 is 0 Å². The lowest BCUT2D eigenvalue weighted by atomic mass is 9.97. The van der Waals surface area contributed by atoms with Crippen LogP contribution in [0.5, 0.6) is 11.5 Å². The van der Waals surface area contributed by atoms with Gasteiger partial charge in [0.15, 0.2) is 0 Å². The SMILES string of the molecule is COc1ccc(S(=O)(=O)N2CCC[C@@H](C(=O)N3CCN(c4ccccc4OC)CC3)C2)cc1C. The largest absolute Gasteiger partial charge is 0.496 e. The van der Waals surface area contributed by atoms with Gasteiger partial charge >= 0.3 is 0 Å². The predicted molar refractivity (Wildman–Crippen MR) is 131 cm³/mol. The van der Waals surface area contributed by atoms with Crippen molar-refractivity contribution in [1.82, 2.24) is 9.21 Å². The Morgan fingerprint density at radius 2 is 1.65 bits per heavy atom. The molecule has 1 atom stereocenters. The fourth-order valence-electron chi connectivity index (χ4n) is 4.84. The number of benzene rings is 2. The number of amides is 1. The fraction of sp³-hybridized carbons (Fsp3) is 0.480. The van der Waals surface area contributed by atoms with E-state index >= 15 is 0 Å². The molecular formula is C25H33N3O5S. The molecule has 8 nitrogen and oxygen atoms in total. The van der Waals surface area contributed by atoms with Crippen LogP contribution in [-0.4, -0.2) is 77.0 Å². The van der Waals surface area contributed by atoms with Crippen LogP contribution in [0.4, 0.5) is 5.69 Å². The minimum Gasteiger partial charge on any atom is -0.496 e. The second-order valence-electron chi connectivity index (χ2n) is 8.82. The van der Waals surface area contributed by atoms with E-state index in [0.717, 1.165) is 17.0 Å². The first kappa shape index (κ1) is 24.3. The zero-order valence-electron chi connectivity index (χ0n) is 20.1. The third kappa shape index (κ3) is 4.86. The van der Waals surface area contributed by atoms with Gasteiger partial charge in [0.05, 0.1) is 30.7 Å². The first-order valence-corrected chi connectivity index (χ1v) is 13.1. The van der Waals surface area contributed by atoms with Gasteiger partial charge in [0, 0.05) is 39.3 Å². The number of piperazine rings is 1. The Bertz CT molecular complexity index is 1130. The Balaban J connectivity index is 1.40. The maximum Gasteiger partial charge on any atom is 0.243 e. The molecule has 4 rings (SSSR count). The number of rotatable bonds is 6. The summed E-state index contributed by atoms with van der Waals surface area (Å²) in [6, 6.07) is 12.8. The third-order valence-corrected chi connectivity index (χ3v) is 8.62. The molecular weight excluding hydrogens is 454 g/mol. The van der Waals surface area contributed by atoms with E-state index in [-0.39, 0.29) is 23.3 Å². The smallest absolute Gasteiger partial charge is 0.243 e. The predicted octanol–water partition coefficient (Wildman–Crippen LogP) is 2.76. The maximum absolute atomic E-state index is 13.3. The van der Waals surface area contributed by atoms with E-state index < -0.39 is 10.0 Å². The van der Waals surface area contributed by atoms with Crippen LogP contribution < -0.4 is 14.4 Å². The van der Waals surface area contributed by atoms with Gasteiger partial charge in [-0.05, 0) is 55.7 Å². The summed E-state index contributed by atoms with van der Waals surface area (Å²) >= 11 is 0. The number of methoxy groups -OCH3 is 2. The number of piperidine rings is 1. The molecule has 0 spiro atoms. The Labute approximate surface area is 202 Å². The number of anilines is 1. The van der Waals surface area contributed by atoms with E-state index in [4.69, 9.17) is 9.47 Å².